The van der Waals surface area contributed by atoms with E-state index < -0.39 is 0 Å². The summed E-state index contributed by atoms with van der Waals surface area (Å²) in [6.07, 6.45) is 1.73. The largest absolute Gasteiger partial charge is 2.00 e. The van der Waals surface area contributed by atoms with E-state index in [1.54, 1.807) is 25.6 Å². The molecule has 98 valence electrons. The molecule has 6 nitrogen and oxygen atoms in total. The SMILES string of the molecule is CN([C-]=O)c1[c-]cccc1.[C-]#[O+].[C-]#[O+].[C-]#[O+].[C-]#[O+].[Fe+2]. The van der Waals surface area contributed by atoms with Crippen LogP contribution in [-0.2, 0) is 40.5 Å². The first-order valence-corrected chi connectivity index (χ1v) is 3.74. The molecule has 0 atom stereocenters. The first-order valence-electron chi connectivity index (χ1n) is 3.74. The Morgan fingerprint density at radius 2 is 1.47 bits per heavy atom. The van der Waals surface area contributed by atoms with Gasteiger partial charge in [-0.3, -0.25) is 6.07 Å². The predicted octanol–water partition coefficient (Wildman–Crippen LogP) is 0.838. The Morgan fingerprint density at radius 3 is 1.74 bits per heavy atom. The molecule has 1 aromatic rings. The Kier molecular flexibility index (Phi) is 57.4. The third kappa shape index (κ3) is 21.9. The van der Waals surface area contributed by atoms with Crippen molar-refractivity contribution in [2.24, 2.45) is 0 Å². The van der Waals surface area contributed by atoms with E-state index in [0.29, 0.717) is 0 Å². The Balaban J connectivity index is -0.0000000628. The second kappa shape index (κ2) is 36.0. The van der Waals surface area contributed by atoms with E-state index in [0.717, 1.165) is 5.69 Å². The Bertz CT molecular complexity index is 335. The van der Waals surface area contributed by atoms with E-state index in [1.165, 1.54) is 4.90 Å². The van der Waals surface area contributed by atoms with Crippen LogP contribution in [0.4, 0.5) is 5.69 Å². The van der Waals surface area contributed by atoms with Crippen molar-refractivity contribution in [3.8, 4) is 0 Å². The summed E-state index contributed by atoms with van der Waals surface area (Å²) in [4.78, 5) is 11.4. The minimum absolute atomic E-state index is 0. The van der Waals surface area contributed by atoms with E-state index in [9.17, 15) is 4.79 Å². The molecule has 1 rings (SSSR count). The molecule has 0 radical (unpaired) electrons. The van der Waals surface area contributed by atoms with Crippen LogP contribution in [0.15, 0.2) is 24.3 Å². The fraction of sp³-hybridized carbons (Fsp3) is 0.0833. The molecule has 0 aromatic heterocycles. The molecule has 1 amide bonds. The van der Waals surface area contributed by atoms with Crippen LogP contribution in [0, 0.1) is 32.7 Å². The van der Waals surface area contributed by atoms with Gasteiger partial charge in [-0.2, -0.15) is 18.2 Å². The zero-order valence-corrected chi connectivity index (χ0v) is 10.8. The van der Waals surface area contributed by atoms with Crippen molar-refractivity contribution < 1.29 is 40.5 Å². The molecule has 0 aliphatic carbocycles. The molecule has 0 aliphatic heterocycles. The van der Waals surface area contributed by atoms with Gasteiger partial charge in [0.25, 0.3) is 0 Å². The third-order valence-electron chi connectivity index (χ3n) is 1.19. The zero-order chi connectivity index (χ0) is 15.4. The van der Waals surface area contributed by atoms with E-state index in [1.807, 2.05) is 12.1 Å². The van der Waals surface area contributed by atoms with Gasteiger partial charge in [-0.1, -0.05) is 0 Å². The normalized spacial score (nSPS) is 5.11. The fourth-order valence-corrected chi connectivity index (χ4v) is 0.642. The molecule has 1 aromatic carbocycles. The summed E-state index contributed by atoms with van der Waals surface area (Å²) in [6.45, 7) is 18.0. The number of hydrogen-bond donors (Lipinski definition) is 0. The summed E-state index contributed by atoms with van der Waals surface area (Å²) in [5, 5.41) is 0. The average Bonchev–Trinajstić information content (AvgIpc) is 2.55. The molecule has 19 heavy (non-hydrogen) atoms. The number of nitrogens with zero attached hydrogens (tertiary/aromatic N) is 1. The second-order valence-electron chi connectivity index (χ2n) is 1.90. The van der Waals surface area contributed by atoms with Crippen LogP contribution in [0.1, 0.15) is 0 Å². The molecule has 0 spiro atoms. The maximum atomic E-state index is 10.1. The van der Waals surface area contributed by atoms with Gasteiger partial charge in [0.05, 0.1) is 6.41 Å². The first kappa shape index (κ1) is 30.3. The van der Waals surface area contributed by atoms with E-state index in [-0.39, 0.29) is 17.1 Å². The molecule has 0 fully saturated rings. The van der Waals surface area contributed by atoms with Gasteiger partial charge < -0.3 is 9.69 Å². The molecule has 0 bridgehead atoms. The van der Waals surface area contributed by atoms with Gasteiger partial charge >= 0.3 is 62.3 Å². The fourth-order valence-electron chi connectivity index (χ4n) is 0.642. The van der Waals surface area contributed by atoms with Crippen LogP contribution in [0.5, 0.6) is 0 Å². The topological polar surface area (TPSA) is 99.9 Å². The van der Waals surface area contributed by atoms with Crippen molar-refractivity contribution in [1.82, 2.24) is 0 Å². The van der Waals surface area contributed by atoms with Crippen LogP contribution in [0.25, 0.3) is 0 Å². The quantitative estimate of drug-likeness (QED) is 0.344. The molecule has 7 heteroatoms. The van der Waals surface area contributed by atoms with Gasteiger partial charge in [0.15, 0.2) is 0 Å². The average molecular weight is 301 g/mol. The van der Waals surface area contributed by atoms with Crippen molar-refractivity contribution in [3.05, 3.63) is 56.9 Å². The molecule has 0 saturated carbocycles. The first-order chi connectivity index (χ1) is 8.84. The van der Waals surface area contributed by atoms with Crippen molar-refractivity contribution in [2.75, 3.05) is 11.9 Å². The second-order valence-corrected chi connectivity index (χ2v) is 1.90. The maximum absolute atomic E-state index is 10.1. The van der Waals surface area contributed by atoms with Gasteiger partial charge in [-0.25, -0.2) is 11.8 Å². The molecular formula is C12H7FeNO5. The van der Waals surface area contributed by atoms with E-state index in [2.05, 4.69) is 32.7 Å². The maximum Gasteiger partial charge on any atom is 2.00 e. The van der Waals surface area contributed by atoms with Gasteiger partial charge in [-0.15, -0.1) is 0 Å². The molecular weight excluding hydrogens is 294 g/mol. The monoisotopic (exact) mass is 301 g/mol. The Hall–Kier alpha value is -1.83. The van der Waals surface area contributed by atoms with E-state index >= 15 is 0 Å². The Labute approximate surface area is 122 Å². The van der Waals surface area contributed by atoms with Crippen LogP contribution < -0.4 is 4.90 Å². The molecule has 0 unspecified atom stereocenters. The summed E-state index contributed by atoms with van der Waals surface area (Å²) in [5.74, 6) is 0. The molecule has 0 aliphatic rings. The van der Waals surface area contributed by atoms with Crippen LogP contribution in [0.2, 0.25) is 0 Å². The number of para-hydroxylation sites is 1. The van der Waals surface area contributed by atoms with Crippen molar-refractivity contribution in [1.29, 1.82) is 0 Å². The summed E-state index contributed by atoms with van der Waals surface area (Å²) < 4.78 is 30.0. The summed E-state index contributed by atoms with van der Waals surface area (Å²) >= 11 is 0. The number of hydrogen-bond acceptors (Lipinski definition) is 1. The molecule has 0 heterocycles. The molecule has 0 N–H and O–H groups in total. The number of rotatable bonds is 2. The molecule has 0 saturated heterocycles. The number of amides is 1. The van der Waals surface area contributed by atoms with Crippen molar-refractivity contribution >= 4 is 12.1 Å². The van der Waals surface area contributed by atoms with E-state index in [4.69, 9.17) is 18.6 Å². The van der Waals surface area contributed by atoms with Crippen LogP contribution in [-0.4, -0.2) is 13.5 Å². The number of anilines is 1. The van der Waals surface area contributed by atoms with Gasteiger partial charge in [0.1, 0.15) is 0 Å². The van der Waals surface area contributed by atoms with Gasteiger partial charge in [-0.05, 0) is 7.05 Å². The minimum Gasteiger partial charge on any atom is 2.00 e. The smallest absolute Gasteiger partial charge is 2.00 e. The standard InChI is InChI=1S/C8H7NO.4CO.Fe/c1-9(7-10)8-5-3-2-4-6-8;4*1-2;/h2-5H,1H3;;;;;/q-2;;;;;+2. The van der Waals surface area contributed by atoms with Crippen molar-refractivity contribution in [2.45, 2.75) is 0 Å². The number of carbonyl (C=O) groups excluding carboxylic acids is 1. The summed E-state index contributed by atoms with van der Waals surface area (Å²) in [5.41, 5.74) is 0.734. The summed E-state index contributed by atoms with van der Waals surface area (Å²) in [6, 6.07) is 10.1. The van der Waals surface area contributed by atoms with Gasteiger partial charge in [0, 0.05) is 0 Å². The third-order valence-corrected chi connectivity index (χ3v) is 1.19. The number of benzene rings is 1. The minimum atomic E-state index is 0. The van der Waals surface area contributed by atoms with Crippen LogP contribution >= 0.6 is 0 Å². The van der Waals surface area contributed by atoms with Crippen molar-refractivity contribution in [3.63, 3.8) is 0 Å². The zero-order valence-electron chi connectivity index (χ0n) is 9.65. The predicted molar refractivity (Wildman–Crippen MR) is 55.1 cm³/mol. The van der Waals surface area contributed by atoms with Crippen LogP contribution in [0.3, 0.4) is 0 Å². The Morgan fingerprint density at radius 1 is 1.05 bits per heavy atom. The summed E-state index contributed by atoms with van der Waals surface area (Å²) in [7, 11) is 1.64. The van der Waals surface area contributed by atoms with Gasteiger partial charge in [0.2, 0.25) is 0 Å².